The van der Waals surface area contributed by atoms with Crippen molar-refractivity contribution in [2.24, 2.45) is 0 Å². The van der Waals surface area contributed by atoms with Crippen LogP contribution >= 0.6 is 0 Å². The van der Waals surface area contributed by atoms with Gasteiger partial charge in [-0.3, -0.25) is 9.59 Å². The van der Waals surface area contributed by atoms with Crippen molar-refractivity contribution in [2.75, 3.05) is 45.2 Å². The SMILES string of the molecule is CN1CCCC1CCNC(=O)c1cn2c3c(c(N(C)C4CCNC4)c(F)cc3c1=O)Oc1cc3ccccc3cc1-2. The van der Waals surface area contributed by atoms with Crippen LogP contribution in [0.4, 0.5) is 10.1 Å². The molecule has 2 saturated heterocycles. The summed E-state index contributed by atoms with van der Waals surface area (Å²) in [6, 6.07) is 13.6. The summed E-state index contributed by atoms with van der Waals surface area (Å²) in [6.07, 6.45) is 5.55. The smallest absolute Gasteiger partial charge is 0.256 e. The van der Waals surface area contributed by atoms with Gasteiger partial charge in [0.15, 0.2) is 17.3 Å². The van der Waals surface area contributed by atoms with E-state index in [0.29, 0.717) is 41.0 Å². The number of aromatic nitrogens is 1. The van der Waals surface area contributed by atoms with E-state index < -0.39 is 17.2 Å². The zero-order valence-corrected chi connectivity index (χ0v) is 23.4. The second-order valence-corrected chi connectivity index (χ2v) is 11.5. The molecule has 0 saturated carbocycles. The van der Waals surface area contributed by atoms with Gasteiger partial charge in [0.2, 0.25) is 5.43 Å². The van der Waals surface area contributed by atoms with Crippen molar-refractivity contribution in [1.29, 1.82) is 0 Å². The van der Waals surface area contributed by atoms with E-state index >= 15 is 4.39 Å². The molecule has 41 heavy (non-hydrogen) atoms. The molecule has 3 aliphatic heterocycles. The number of fused-ring (bicyclic) bond motifs is 3. The average molecular weight is 556 g/mol. The summed E-state index contributed by atoms with van der Waals surface area (Å²) >= 11 is 0. The standard InChI is InChI=1S/C32H34FN5O3/c1-36-13-5-8-21(36)10-12-35-32(40)24-18-38-26-14-19-6-3-4-7-20(19)15-27(26)41-31-28(38)23(30(24)39)16-25(33)29(31)37(2)22-9-11-34-17-22/h3-4,6-7,14-16,18,21-22,34H,5,8-13,17H2,1-2H3,(H,35,40). The minimum atomic E-state index is -0.545. The van der Waals surface area contributed by atoms with Crippen LogP contribution in [-0.4, -0.2) is 67.7 Å². The van der Waals surface area contributed by atoms with Crippen molar-refractivity contribution in [1.82, 2.24) is 20.1 Å². The topological polar surface area (TPSA) is 78.8 Å². The predicted molar refractivity (Wildman–Crippen MR) is 159 cm³/mol. The van der Waals surface area contributed by atoms with Crippen molar-refractivity contribution >= 4 is 33.3 Å². The number of likely N-dealkylation sites (tertiary alicyclic amines) is 1. The van der Waals surface area contributed by atoms with Gasteiger partial charge in [-0.15, -0.1) is 0 Å². The van der Waals surface area contributed by atoms with Gasteiger partial charge in [-0.1, -0.05) is 24.3 Å². The molecule has 0 aliphatic carbocycles. The Balaban J connectivity index is 1.37. The van der Waals surface area contributed by atoms with Gasteiger partial charge in [0.1, 0.15) is 16.8 Å². The van der Waals surface area contributed by atoms with Gasteiger partial charge in [-0.05, 0) is 74.8 Å². The highest BCUT2D eigenvalue weighted by Crippen LogP contribution is 2.47. The van der Waals surface area contributed by atoms with E-state index in [0.717, 1.165) is 56.1 Å². The quantitative estimate of drug-likeness (QED) is 0.324. The largest absolute Gasteiger partial charge is 0.451 e. The van der Waals surface area contributed by atoms with Crippen molar-refractivity contribution in [3.8, 4) is 17.2 Å². The number of pyridine rings is 1. The Kier molecular flexibility index (Phi) is 6.43. The third-order valence-corrected chi connectivity index (χ3v) is 9.08. The van der Waals surface area contributed by atoms with Gasteiger partial charge in [-0.2, -0.15) is 0 Å². The van der Waals surface area contributed by atoms with Crippen LogP contribution in [0.1, 0.15) is 36.0 Å². The first-order valence-corrected chi connectivity index (χ1v) is 14.5. The Bertz CT molecular complexity index is 1750. The number of halogens is 1. The van der Waals surface area contributed by atoms with Gasteiger partial charge in [-0.25, -0.2) is 4.39 Å². The van der Waals surface area contributed by atoms with E-state index in [4.69, 9.17) is 4.74 Å². The first-order valence-electron chi connectivity index (χ1n) is 14.5. The van der Waals surface area contributed by atoms with Crippen LogP contribution in [-0.2, 0) is 0 Å². The second-order valence-electron chi connectivity index (χ2n) is 11.5. The third-order valence-electron chi connectivity index (χ3n) is 9.08. The number of hydrogen-bond donors (Lipinski definition) is 2. The number of amides is 1. The lowest BCUT2D eigenvalue weighted by molar-refractivity contribution is 0.0949. The fourth-order valence-corrected chi connectivity index (χ4v) is 6.72. The van der Waals surface area contributed by atoms with Gasteiger partial charge >= 0.3 is 0 Å². The molecule has 2 atom stereocenters. The fourth-order valence-electron chi connectivity index (χ4n) is 6.72. The van der Waals surface area contributed by atoms with Crippen LogP contribution < -0.4 is 25.7 Å². The summed E-state index contributed by atoms with van der Waals surface area (Å²) in [4.78, 5) is 31.4. The molecular weight excluding hydrogens is 521 g/mol. The van der Waals surface area contributed by atoms with Crippen LogP contribution in [0.3, 0.4) is 0 Å². The van der Waals surface area contributed by atoms with Gasteiger partial charge in [0.05, 0.1) is 11.1 Å². The Labute approximate surface area is 237 Å². The first kappa shape index (κ1) is 26.0. The van der Waals surface area contributed by atoms with E-state index in [1.807, 2.05) is 52.9 Å². The summed E-state index contributed by atoms with van der Waals surface area (Å²) in [5.41, 5.74) is 0.971. The summed E-state index contributed by atoms with van der Waals surface area (Å²) in [5, 5.41) is 8.39. The Hall–Kier alpha value is -3.95. The van der Waals surface area contributed by atoms with E-state index in [1.165, 1.54) is 6.07 Å². The average Bonchev–Trinajstić information content (AvgIpc) is 3.65. The molecule has 2 fully saturated rings. The number of benzene rings is 3. The normalized spacial score (nSPS) is 19.9. The Morgan fingerprint density at radius 1 is 1.20 bits per heavy atom. The van der Waals surface area contributed by atoms with Gasteiger partial charge in [0, 0.05) is 38.4 Å². The molecule has 4 aromatic rings. The molecule has 7 rings (SSSR count). The highest BCUT2D eigenvalue weighted by atomic mass is 19.1. The van der Waals surface area contributed by atoms with Crippen LogP contribution in [0.5, 0.6) is 11.5 Å². The minimum absolute atomic E-state index is 0.00951. The number of nitrogens with zero attached hydrogens (tertiary/aromatic N) is 3. The maximum atomic E-state index is 16.0. The highest BCUT2D eigenvalue weighted by Gasteiger charge is 2.32. The van der Waals surface area contributed by atoms with Crippen LogP contribution in [0.15, 0.2) is 53.5 Å². The summed E-state index contributed by atoms with van der Waals surface area (Å²) in [7, 11) is 3.97. The predicted octanol–water partition coefficient (Wildman–Crippen LogP) is 4.40. The van der Waals surface area contributed by atoms with Crippen LogP contribution in [0.25, 0.3) is 27.4 Å². The summed E-state index contributed by atoms with van der Waals surface area (Å²) in [6.45, 7) is 3.12. The molecule has 8 nitrogen and oxygen atoms in total. The minimum Gasteiger partial charge on any atom is -0.451 e. The van der Waals surface area contributed by atoms with E-state index in [2.05, 4.69) is 22.6 Å². The molecule has 1 aromatic heterocycles. The number of anilines is 1. The van der Waals surface area contributed by atoms with E-state index in [9.17, 15) is 9.59 Å². The lowest BCUT2D eigenvalue weighted by Crippen LogP contribution is -2.35. The zero-order valence-electron chi connectivity index (χ0n) is 23.4. The molecule has 2 unspecified atom stereocenters. The lowest BCUT2D eigenvalue weighted by atomic mass is 10.0. The number of hydrogen-bond acceptors (Lipinski definition) is 6. The second kappa shape index (κ2) is 10.2. The number of nitrogens with one attached hydrogen (secondary N) is 2. The molecule has 9 heteroatoms. The molecule has 1 amide bonds. The monoisotopic (exact) mass is 555 g/mol. The number of ether oxygens (including phenoxy) is 1. The van der Waals surface area contributed by atoms with Crippen molar-refractivity contribution in [3.05, 3.63) is 70.3 Å². The van der Waals surface area contributed by atoms with E-state index in [1.54, 1.807) is 6.20 Å². The lowest BCUT2D eigenvalue weighted by Gasteiger charge is -2.32. The molecule has 2 N–H and O–H groups in total. The Morgan fingerprint density at radius 2 is 2.00 bits per heavy atom. The fraction of sp³-hybridized carbons (Fsp3) is 0.375. The van der Waals surface area contributed by atoms with Crippen molar-refractivity contribution < 1.29 is 13.9 Å². The maximum absolute atomic E-state index is 16.0. The molecule has 0 spiro atoms. The number of carbonyl (C=O) groups is 1. The number of carbonyl (C=O) groups excluding carboxylic acids is 1. The molecule has 4 heterocycles. The zero-order chi connectivity index (χ0) is 28.2. The highest BCUT2D eigenvalue weighted by molar-refractivity contribution is 6.02. The van der Waals surface area contributed by atoms with Crippen LogP contribution in [0.2, 0.25) is 0 Å². The van der Waals surface area contributed by atoms with Crippen molar-refractivity contribution in [2.45, 2.75) is 37.8 Å². The molecular formula is C32H34FN5O3. The molecule has 3 aromatic carbocycles. The molecule has 212 valence electrons. The van der Waals surface area contributed by atoms with E-state index in [-0.39, 0.29) is 17.0 Å². The van der Waals surface area contributed by atoms with Gasteiger partial charge < -0.3 is 29.7 Å². The summed E-state index contributed by atoms with van der Waals surface area (Å²) < 4.78 is 24.3. The maximum Gasteiger partial charge on any atom is 0.256 e. The van der Waals surface area contributed by atoms with Crippen LogP contribution in [0, 0.1) is 5.82 Å². The summed E-state index contributed by atoms with van der Waals surface area (Å²) in [5.74, 6) is -0.154. The first-order chi connectivity index (χ1) is 19.9. The van der Waals surface area contributed by atoms with Gasteiger partial charge in [0.25, 0.3) is 5.91 Å². The Morgan fingerprint density at radius 3 is 2.73 bits per heavy atom. The number of likely N-dealkylation sites (N-methyl/N-ethyl adjacent to an activating group) is 1. The molecule has 3 aliphatic rings. The number of rotatable bonds is 6. The van der Waals surface area contributed by atoms with Crippen molar-refractivity contribution in [3.63, 3.8) is 0 Å². The molecule has 0 bridgehead atoms. The molecule has 0 radical (unpaired) electrons. The third kappa shape index (κ3) is 4.35.